The third-order valence-corrected chi connectivity index (χ3v) is 4.84. The molecule has 0 aliphatic heterocycles. The van der Waals surface area contributed by atoms with Gasteiger partial charge in [0.15, 0.2) is 17.3 Å². The maximum atomic E-state index is 5.83. The van der Waals surface area contributed by atoms with E-state index in [0.29, 0.717) is 18.1 Å². The normalized spacial score (nSPS) is 11.2. The molecule has 0 unspecified atom stereocenters. The number of nitrogen functional groups attached to an aromatic ring is 1. The summed E-state index contributed by atoms with van der Waals surface area (Å²) in [5.41, 5.74) is 7.97. The number of nitrogens with two attached hydrogens (primary N) is 1. The van der Waals surface area contributed by atoms with Crippen LogP contribution in [0.4, 0.5) is 5.82 Å². The first-order valence-corrected chi connectivity index (χ1v) is 8.78. The Morgan fingerprint density at radius 1 is 1.27 bits per heavy atom. The molecular weight excluding hydrogens is 352 g/mol. The van der Waals surface area contributed by atoms with E-state index in [9.17, 15) is 0 Å². The maximum absolute atomic E-state index is 5.83. The molecule has 0 spiro atoms. The summed E-state index contributed by atoms with van der Waals surface area (Å²) in [4.78, 5) is 10.1. The lowest BCUT2D eigenvalue weighted by molar-refractivity contribution is 0.310. The van der Waals surface area contributed by atoms with Crippen molar-refractivity contribution >= 4 is 28.6 Å². The molecule has 0 atom stereocenters. The molecule has 1 aromatic carbocycles. The van der Waals surface area contributed by atoms with Crippen molar-refractivity contribution in [1.82, 2.24) is 24.8 Å². The molecule has 0 aliphatic carbocycles. The fourth-order valence-corrected chi connectivity index (χ4v) is 3.54. The van der Waals surface area contributed by atoms with Gasteiger partial charge in [0.25, 0.3) is 0 Å². The summed E-state index contributed by atoms with van der Waals surface area (Å²) in [5.74, 6) is 1.64. The van der Waals surface area contributed by atoms with Gasteiger partial charge >= 0.3 is 0 Å². The SMILES string of the molecule is CCn1c(-c2nonc2N)nc2cnc(Sc3cccc(OC)c3)cc21. The Morgan fingerprint density at radius 3 is 2.88 bits per heavy atom. The fraction of sp³-hybridized carbons (Fsp3) is 0.176. The van der Waals surface area contributed by atoms with E-state index in [2.05, 4.69) is 20.3 Å². The Balaban J connectivity index is 1.76. The van der Waals surface area contributed by atoms with Crippen molar-refractivity contribution in [2.75, 3.05) is 12.8 Å². The number of fused-ring (bicyclic) bond motifs is 1. The second kappa shape index (κ2) is 6.68. The Kier molecular flexibility index (Phi) is 4.21. The number of methoxy groups -OCH3 is 1. The zero-order valence-corrected chi connectivity index (χ0v) is 15.0. The lowest BCUT2D eigenvalue weighted by Crippen LogP contribution is -2.00. The molecule has 3 heterocycles. The van der Waals surface area contributed by atoms with E-state index in [1.807, 2.05) is 41.8 Å². The zero-order valence-electron chi connectivity index (χ0n) is 14.2. The molecule has 0 amide bonds. The van der Waals surface area contributed by atoms with Gasteiger partial charge in [-0.3, -0.25) is 0 Å². The molecule has 0 fully saturated rings. The smallest absolute Gasteiger partial charge is 0.199 e. The summed E-state index contributed by atoms with van der Waals surface area (Å²) in [6.07, 6.45) is 1.75. The molecule has 26 heavy (non-hydrogen) atoms. The van der Waals surface area contributed by atoms with Gasteiger partial charge in [-0.25, -0.2) is 14.6 Å². The summed E-state index contributed by atoms with van der Waals surface area (Å²) in [7, 11) is 1.65. The number of aromatic nitrogens is 5. The predicted octanol–water partition coefficient (Wildman–Crippen LogP) is 3.24. The molecule has 0 bridgehead atoms. The third-order valence-electron chi connectivity index (χ3n) is 3.92. The number of ether oxygens (including phenoxy) is 1. The molecule has 0 saturated heterocycles. The van der Waals surface area contributed by atoms with Gasteiger partial charge in [0.1, 0.15) is 16.3 Å². The summed E-state index contributed by atoms with van der Waals surface area (Å²) in [5, 5.41) is 8.36. The van der Waals surface area contributed by atoms with Crippen molar-refractivity contribution in [2.45, 2.75) is 23.4 Å². The van der Waals surface area contributed by atoms with Gasteiger partial charge in [-0.2, -0.15) is 0 Å². The minimum absolute atomic E-state index is 0.217. The topological polar surface area (TPSA) is 105 Å². The van der Waals surface area contributed by atoms with Crippen molar-refractivity contribution < 1.29 is 9.37 Å². The van der Waals surface area contributed by atoms with E-state index in [1.54, 1.807) is 25.1 Å². The van der Waals surface area contributed by atoms with Gasteiger partial charge in [0.05, 0.1) is 18.8 Å². The molecule has 9 heteroatoms. The van der Waals surface area contributed by atoms with Crippen LogP contribution in [0.25, 0.3) is 22.6 Å². The fourth-order valence-electron chi connectivity index (χ4n) is 2.70. The number of hydrogen-bond acceptors (Lipinski definition) is 8. The monoisotopic (exact) mass is 368 g/mol. The standard InChI is InChI=1S/C17H16N6O2S/c1-3-23-13-8-14(26-11-6-4-5-10(7-11)24-2)19-9-12(13)20-17(23)15-16(18)22-25-21-15/h4-9H,3H2,1-2H3,(H2,18,22). The molecule has 2 N–H and O–H groups in total. The van der Waals surface area contributed by atoms with Crippen molar-refractivity contribution in [1.29, 1.82) is 0 Å². The van der Waals surface area contributed by atoms with Crippen LogP contribution in [0.15, 0.2) is 51.1 Å². The molecule has 0 radical (unpaired) electrons. The van der Waals surface area contributed by atoms with E-state index >= 15 is 0 Å². The van der Waals surface area contributed by atoms with Crippen molar-refractivity contribution in [2.24, 2.45) is 0 Å². The van der Waals surface area contributed by atoms with Crippen molar-refractivity contribution in [3.8, 4) is 17.3 Å². The Hall–Kier alpha value is -3.07. The van der Waals surface area contributed by atoms with Gasteiger partial charge in [0.2, 0.25) is 0 Å². The van der Waals surface area contributed by atoms with Gasteiger partial charge < -0.3 is 15.0 Å². The second-order valence-corrected chi connectivity index (χ2v) is 6.56. The number of aryl methyl sites for hydroxylation is 1. The Morgan fingerprint density at radius 2 is 2.15 bits per heavy atom. The second-order valence-electron chi connectivity index (χ2n) is 5.47. The van der Waals surface area contributed by atoms with E-state index in [4.69, 9.17) is 15.1 Å². The quantitative estimate of drug-likeness (QED) is 0.572. The van der Waals surface area contributed by atoms with Crippen LogP contribution >= 0.6 is 11.8 Å². The van der Waals surface area contributed by atoms with Gasteiger partial charge in [0, 0.05) is 11.4 Å². The molecule has 4 aromatic rings. The van der Waals surface area contributed by atoms with Gasteiger partial charge in [-0.1, -0.05) is 17.8 Å². The maximum Gasteiger partial charge on any atom is 0.199 e. The lowest BCUT2D eigenvalue weighted by Gasteiger charge is -2.06. The van der Waals surface area contributed by atoms with E-state index < -0.39 is 0 Å². The van der Waals surface area contributed by atoms with Gasteiger partial charge in [-0.05, 0) is 41.5 Å². The summed E-state index contributed by atoms with van der Waals surface area (Å²) >= 11 is 1.56. The molecule has 0 aliphatic rings. The van der Waals surface area contributed by atoms with Crippen LogP contribution in [0.5, 0.6) is 5.75 Å². The summed E-state index contributed by atoms with van der Waals surface area (Å²) in [6.45, 7) is 2.73. The van der Waals surface area contributed by atoms with E-state index in [1.165, 1.54) is 0 Å². The lowest BCUT2D eigenvalue weighted by atomic mass is 10.3. The number of rotatable bonds is 5. The van der Waals surface area contributed by atoms with Crippen LogP contribution in [-0.4, -0.2) is 32.0 Å². The minimum atomic E-state index is 0.217. The highest BCUT2D eigenvalue weighted by molar-refractivity contribution is 7.99. The predicted molar refractivity (Wildman–Crippen MR) is 98.0 cm³/mol. The highest BCUT2D eigenvalue weighted by Gasteiger charge is 2.19. The van der Waals surface area contributed by atoms with Crippen molar-refractivity contribution in [3.05, 3.63) is 36.5 Å². The Labute approximate surface area is 153 Å². The van der Waals surface area contributed by atoms with E-state index in [-0.39, 0.29) is 5.82 Å². The minimum Gasteiger partial charge on any atom is -0.497 e. The van der Waals surface area contributed by atoms with E-state index in [0.717, 1.165) is 26.7 Å². The average Bonchev–Trinajstić information content (AvgIpc) is 3.24. The van der Waals surface area contributed by atoms with Crippen LogP contribution in [0.2, 0.25) is 0 Å². The number of imidazole rings is 1. The van der Waals surface area contributed by atoms with Crippen LogP contribution in [0.3, 0.4) is 0 Å². The first kappa shape index (κ1) is 16.4. The zero-order chi connectivity index (χ0) is 18.1. The number of pyridine rings is 1. The van der Waals surface area contributed by atoms with Crippen LogP contribution in [0.1, 0.15) is 6.92 Å². The first-order chi connectivity index (χ1) is 12.7. The molecule has 3 aromatic heterocycles. The number of nitrogens with zero attached hydrogens (tertiary/aromatic N) is 5. The van der Waals surface area contributed by atoms with Crippen LogP contribution in [0, 0.1) is 0 Å². The van der Waals surface area contributed by atoms with Crippen molar-refractivity contribution in [3.63, 3.8) is 0 Å². The van der Waals surface area contributed by atoms with Crippen LogP contribution < -0.4 is 10.5 Å². The Bertz CT molecular complexity index is 1070. The van der Waals surface area contributed by atoms with Crippen LogP contribution in [-0.2, 0) is 6.54 Å². The molecule has 0 saturated carbocycles. The highest BCUT2D eigenvalue weighted by atomic mass is 32.2. The third kappa shape index (κ3) is 2.86. The number of anilines is 1. The number of benzene rings is 1. The molecule has 4 rings (SSSR count). The summed E-state index contributed by atoms with van der Waals surface area (Å²) < 4.78 is 12.0. The number of hydrogen-bond donors (Lipinski definition) is 1. The molecule has 8 nitrogen and oxygen atoms in total. The molecule has 132 valence electrons. The molecular formula is C17H16N6O2S. The van der Waals surface area contributed by atoms with Gasteiger partial charge in [-0.15, -0.1) is 0 Å². The first-order valence-electron chi connectivity index (χ1n) is 7.96. The largest absolute Gasteiger partial charge is 0.497 e. The summed E-state index contributed by atoms with van der Waals surface area (Å²) in [6, 6.07) is 9.86. The average molecular weight is 368 g/mol. The highest BCUT2D eigenvalue weighted by Crippen LogP contribution is 2.32.